The second kappa shape index (κ2) is 7.46. The van der Waals surface area contributed by atoms with Crippen molar-refractivity contribution in [1.82, 2.24) is 14.8 Å². The standard InChI is InChI=1S/C21H25N3O2/c1-16-14-19(16)20-7-5-18(26-20)6-8-21(25)24-12-10-23(11-13-24)15-17-4-2-3-9-22-17/h2-9,16,19H,10-15H2,1H3/b8-6+. The highest BCUT2D eigenvalue weighted by molar-refractivity contribution is 5.91. The lowest BCUT2D eigenvalue weighted by Gasteiger charge is -2.34. The van der Waals surface area contributed by atoms with Gasteiger partial charge in [-0.15, -0.1) is 0 Å². The van der Waals surface area contributed by atoms with E-state index in [0.717, 1.165) is 55.9 Å². The van der Waals surface area contributed by atoms with E-state index in [0.29, 0.717) is 5.92 Å². The second-order valence-electron chi connectivity index (χ2n) is 7.32. The fourth-order valence-electron chi connectivity index (χ4n) is 3.48. The van der Waals surface area contributed by atoms with E-state index < -0.39 is 0 Å². The molecular weight excluding hydrogens is 326 g/mol. The van der Waals surface area contributed by atoms with Crippen LogP contribution in [0.2, 0.25) is 0 Å². The van der Waals surface area contributed by atoms with Gasteiger partial charge in [-0.1, -0.05) is 13.0 Å². The largest absolute Gasteiger partial charge is 0.461 e. The van der Waals surface area contributed by atoms with Crippen LogP contribution in [0, 0.1) is 5.92 Å². The zero-order valence-electron chi connectivity index (χ0n) is 15.2. The van der Waals surface area contributed by atoms with Crippen molar-refractivity contribution in [2.45, 2.75) is 25.8 Å². The van der Waals surface area contributed by atoms with E-state index in [1.54, 1.807) is 12.2 Å². The minimum atomic E-state index is 0.0558. The molecular formula is C21H25N3O2. The quantitative estimate of drug-likeness (QED) is 0.777. The van der Waals surface area contributed by atoms with Crippen LogP contribution in [-0.4, -0.2) is 46.9 Å². The number of amides is 1. The predicted octanol–water partition coefficient (Wildman–Crippen LogP) is 3.16. The van der Waals surface area contributed by atoms with Crippen LogP contribution >= 0.6 is 0 Å². The van der Waals surface area contributed by atoms with E-state index >= 15 is 0 Å². The molecule has 3 heterocycles. The summed E-state index contributed by atoms with van der Waals surface area (Å²) in [7, 11) is 0. The number of furan rings is 1. The van der Waals surface area contributed by atoms with Crippen molar-refractivity contribution in [2.75, 3.05) is 26.2 Å². The molecule has 26 heavy (non-hydrogen) atoms. The van der Waals surface area contributed by atoms with E-state index in [9.17, 15) is 4.79 Å². The third-order valence-corrected chi connectivity index (χ3v) is 5.31. The molecule has 0 bridgehead atoms. The third-order valence-electron chi connectivity index (χ3n) is 5.31. The molecule has 1 saturated carbocycles. The second-order valence-corrected chi connectivity index (χ2v) is 7.32. The summed E-state index contributed by atoms with van der Waals surface area (Å²) in [5.74, 6) is 3.16. The number of pyridine rings is 1. The van der Waals surface area contributed by atoms with Crippen LogP contribution in [0.25, 0.3) is 6.08 Å². The number of piperazine rings is 1. The average Bonchev–Trinajstić information content (AvgIpc) is 3.21. The van der Waals surface area contributed by atoms with Gasteiger partial charge < -0.3 is 9.32 Å². The van der Waals surface area contributed by atoms with Crippen LogP contribution in [0.1, 0.15) is 36.5 Å². The van der Waals surface area contributed by atoms with Crippen LogP contribution in [-0.2, 0) is 11.3 Å². The first-order valence-electron chi connectivity index (χ1n) is 9.38. The molecule has 2 fully saturated rings. The first-order valence-corrected chi connectivity index (χ1v) is 9.38. The fraction of sp³-hybridized carbons (Fsp3) is 0.429. The number of nitrogens with zero attached hydrogens (tertiary/aromatic N) is 3. The number of hydrogen-bond acceptors (Lipinski definition) is 4. The highest BCUT2D eigenvalue weighted by Gasteiger charge is 2.36. The Morgan fingerprint density at radius 2 is 2.04 bits per heavy atom. The number of aromatic nitrogens is 1. The van der Waals surface area contributed by atoms with Crippen LogP contribution in [0.15, 0.2) is 47.0 Å². The Kier molecular flexibility index (Phi) is 4.89. The Labute approximate surface area is 154 Å². The molecule has 1 amide bonds. The molecule has 2 atom stereocenters. The van der Waals surface area contributed by atoms with Crippen molar-refractivity contribution in [2.24, 2.45) is 5.92 Å². The summed E-state index contributed by atoms with van der Waals surface area (Å²) in [6, 6.07) is 9.97. The van der Waals surface area contributed by atoms with Gasteiger partial charge in [0.2, 0.25) is 5.91 Å². The van der Waals surface area contributed by atoms with Crippen LogP contribution < -0.4 is 0 Å². The maximum Gasteiger partial charge on any atom is 0.246 e. The molecule has 0 aromatic carbocycles. The molecule has 1 aliphatic heterocycles. The van der Waals surface area contributed by atoms with Gasteiger partial charge in [-0.3, -0.25) is 14.7 Å². The molecule has 136 valence electrons. The summed E-state index contributed by atoms with van der Waals surface area (Å²) in [6.45, 7) is 6.33. The molecule has 5 nitrogen and oxygen atoms in total. The monoisotopic (exact) mass is 351 g/mol. The van der Waals surface area contributed by atoms with Gasteiger partial charge >= 0.3 is 0 Å². The summed E-state index contributed by atoms with van der Waals surface area (Å²) in [4.78, 5) is 21.0. The molecule has 4 rings (SSSR count). The van der Waals surface area contributed by atoms with Crippen LogP contribution in [0.3, 0.4) is 0 Å². The van der Waals surface area contributed by atoms with E-state index in [1.807, 2.05) is 41.4 Å². The maximum absolute atomic E-state index is 12.4. The van der Waals surface area contributed by atoms with Crippen LogP contribution in [0.4, 0.5) is 0 Å². The van der Waals surface area contributed by atoms with Crippen molar-refractivity contribution < 1.29 is 9.21 Å². The minimum absolute atomic E-state index is 0.0558. The Bertz CT molecular complexity index is 776. The van der Waals surface area contributed by atoms with Gasteiger partial charge in [0.05, 0.1) is 5.69 Å². The van der Waals surface area contributed by atoms with Crippen molar-refractivity contribution in [3.05, 3.63) is 59.8 Å². The molecule has 2 aliphatic rings. The third kappa shape index (κ3) is 4.05. The lowest BCUT2D eigenvalue weighted by Crippen LogP contribution is -2.47. The number of carbonyl (C=O) groups excluding carboxylic acids is 1. The molecule has 0 radical (unpaired) electrons. The number of carbonyl (C=O) groups is 1. The molecule has 2 aromatic rings. The van der Waals surface area contributed by atoms with Crippen molar-refractivity contribution in [3.8, 4) is 0 Å². The molecule has 2 aromatic heterocycles. The highest BCUT2D eigenvalue weighted by Crippen LogP contribution is 2.47. The zero-order valence-corrected chi connectivity index (χ0v) is 15.2. The normalized spacial score (nSPS) is 23.5. The van der Waals surface area contributed by atoms with E-state index in [2.05, 4.69) is 16.8 Å². The minimum Gasteiger partial charge on any atom is -0.461 e. The first kappa shape index (κ1) is 17.0. The Balaban J connectivity index is 1.26. The summed E-state index contributed by atoms with van der Waals surface area (Å²) >= 11 is 0. The first-order chi connectivity index (χ1) is 12.7. The van der Waals surface area contributed by atoms with Crippen molar-refractivity contribution >= 4 is 12.0 Å². The summed E-state index contributed by atoms with van der Waals surface area (Å²) < 4.78 is 5.83. The molecule has 0 spiro atoms. The van der Waals surface area contributed by atoms with Crippen molar-refractivity contribution in [1.29, 1.82) is 0 Å². The predicted molar refractivity (Wildman–Crippen MR) is 100 cm³/mol. The van der Waals surface area contributed by atoms with Gasteiger partial charge in [0, 0.05) is 50.9 Å². The van der Waals surface area contributed by atoms with E-state index in [1.165, 1.54) is 6.42 Å². The van der Waals surface area contributed by atoms with Gasteiger partial charge in [-0.25, -0.2) is 0 Å². The molecule has 5 heteroatoms. The summed E-state index contributed by atoms with van der Waals surface area (Å²) in [5.41, 5.74) is 1.07. The van der Waals surface area contributed by atoms with E-state index in [-0.39, 0.29) is 5.91 Å². The molecule has 2 unspecified atom stereocenters. The molecule has 0 N–H and O–H groups in total. The van der Waals surface area contributed by atoms with E-state index in [4.69, 9.17) is 4.42 Å². The zero-order chi connectivity index (χ0) is 17.9. The van der Waals surface area contributed by atoms with Crippen molar-refractivity contribution in [3.63, 3.8) is 0 Å². The highest BCUT2D eigenvalue weighted by atomic mass is 16.3. The molecule has 1 saturated heterocycles. The summed E-state index contributed by atoms with van der Waals surface area (Å²) in [6.07, 6.45) is 6.45. The number of rotatable bonds is 5. The topological polar surface area (TPSA) is 49.6 Å². The smallest absolute Gasteiger partial charge is 0.246 e. The van der Waals surface area contributed by atoms with Crippen LogP contribution in [0.5, 0.6) is 0 Å². The van der Waals surface area contributed by atoms with Gasteiger partial charge in [0.15, 0.2) is 0 Å². The summed E-state index contributed by atoms with van der Waals surface area (Å²) in [5, 5.41) is 0. The fourth-order valence-corrected chi connectivity index (χ4v) is 3.48. The maximum atomic E-state index is 12.4. The van der Waals surface area contributed by atoms with Gasteiger partial charge in [-0.05, 0) is 42.7 Å². The lowest BCUT2D eigenvalue weighted by molar-refractivity contribution is -0.127. The van der Waals surface area contributed by atoms with Gasteiger partial charge in [0.1, 0.15) is 11.5 Å². The van der Waals surface area contributed by atoms with Gasteiger partial charge in [-0.2, -0.15) is 0 Å². The lowest BCUT2D eigenvalue weighted by atomic mass is 10.2. The Hall–Kier alpha value is -2.40. The average molecular weight is 351 g/mol. The Morgan fingerprint density at radius 3 is 2.73 bits per heavy atom. The SMILES string of the molecule is CC1CC1c1ccc(/C=C/C(=O)N2CCN(Cc3ccccn3)CC2)o1. The Morgan fingerprint density at radius 1 is 1.23 bits per heavy atom. The van der Waals surface area contributed by atoms with Gasteiger partial charge in [0.25, 0.3) is 0 Å². The molecule has 1 aliphatic carbocycles. The number of hydrogen-bond donors (Lipinski definition) is 0.